The predicted octanol–water partition coefficient (Wildman–Crippen LogP) is 3.02. The van der Waals surface area contributed by atoms with E-state index < -0.39 is 0 Å². The van der Waals surface area contributed by atoms with Gasteiger partial charge in [-0.3, -0.25) is 4.99 Å². The Labute approximate surface area is 160 Å². The highest BCUT2D eigenvalue weighted by Crippen LogP contribution is 2.48. The van der Waals surface area contributed by atoms with E-state index in [0.717, 1.165) is 37.0 Å². The van der Waals surface area contributed by atoms with Crippen LogP contribution in [0.5, 0.6) is 0 Å². The molecule has 1 aromatic rings. The molecular formula is C17H25ClIN3O. The Balaban J connectivity index is 0.00000192. The Morgan fingerprint density at radius 3 is 2.83 bits per heavy atom. The van der Waals surface area contributed by atoms with Crippen molar-refractivity contribution in [2.45, 2.75) is 37.7 Å². The molecular weight excluding hydrogens is 425 g/mol. The molecule has 3 rings (SSSR count). The smallest absolute Gasteiger partial charge is 0.194 e. The Morgan fingerprint density at radius 1 is 1.48 bits per heavy atom. The number of hydrogen-bond donors (Lipinski definition) is 2. The Bertz CT molecular complexity index is 563. The lowest BCUT2D eigenvalue weighted by Gasteiger charge is -2.22. The molecule has 0 aromatic heterocycles. The van der Waals surface area contributed by atoms with E-state index >= 15 is 0 Å². The maximum Gasteiger partial charge on any atom is 0.194 e. The highest BCUT2D eigenvalue weighted by atomic mass is 127. The monoisotopic (exact) mass is 449 g/mol. The third-order valence-corrected chi connectivity index (χ3v) is 4.85. The summed E-state index contributed by atoms with van der Waals surface area (Å²) in [5, 5.41) is 13.9. The molecule has 1 atom stereocenters. The van der Waals surface area contributed by atoms with Crippen LogP contribution < -0.4 is 5.32 Å². The largest absolute Gasteiger partial charge is 0.391 e. The van der Waals surface area contributed by atoms with E-state index in [1.807, 2.05) is 12.1 Å². The number of aliphatic imine (C=N–C) groups is 1. The van der Waals surface area contributed by atoms with Crippen LogP contribution in [-0.2, 0) is 5.41 Å². The van der Waals surface area contributed by atoms with E-state index in [2.05, 4.69) is 29.3 Å². The molecule has 4 nitrogen and oxygen atoms in total. The number of hydrogen-bond acceptors (Lipinski definition) is 2. The van der Waals surface area contributed by atoms with Crippen LogP contribution in [0.1, 0.15) is 31.7 Å². The van der Waals surface area contributed by atoms with Gasteiger partial charge in [0.2, 0.25) is 0 Å². The number of halogens is 2. The zero-order valence-corrected chi connectivity index (χ0v) is 16.6. The minimum Gasteiger partial charge on any atom is -0.391 e. The number of guanidine groups is 1. The molecule has 6 heteroatoms. The number of aliphatic hydroxyl groups excluding tert-OH is 1. The van der Waals surface area contributed by atoms with Gasteiger partial charge in [-0.1, -0.05) is 23.7 Å². The van der Waals surface area contributed by atoms with Crippen molar-refractivity contribution in [1.29, 1.82) is 0 Å². The first-order valence-corrected chi connectivity index (χ1v) is 8.48. The number of likely N-dealkylation sites (tertiary alicyclic amines) is 1. The molecule has 2 N–H and O–H groups in total. The first kappa shape index (κ1) is 18.8. The van der Waals surface area contributed by atoms with Gasteiger partial charge in [-0.05, 0) is 43.9 Å². The molecule has 0 amide bonds. The van der Waals surface area contributed by atoms with Crippen LogP contribution in [0.25, 0.3) is 0 Å². The standard InChI is InChI=1S/C17H24ClN3O.HI/c1-2-19-16(21-9-6-15(22)11-21)20-12-17(7-8-17)13-4-3-5-14(18)10-13;/h3-5,10,15,22H,2,6-9,11-12H2,1H3,(H,19,20);1H/t15-;/m1./s1. The van der Waals surface area contributed by atoms with Gasteiger partial charge in [-0.2, -0.15) is 0 Å². The average Bonchev–Trinajstić information content (AvgIpc) is 3.18. The lowest BCUT2D eigenvalue weighted by Crippen LogP contribution is -2.41. The SMILES string of the molecule is CCNC(=NCC1(c2cccc(Cl)c2)CC1)N1CC[C@@H](O)C1.I. The third-order valence-electron chi connectivity index (χ3n) is 4.62. The molecule has 2 fully saturated rings. The molecule has 1 saturated carbocycles. The zero-order valence-electron chi connectivity index (χ0n) is 13.5. The summed E-state index contributed by atoms with van der Waals surface area (Å²) in [5.41, 5.74) is 1.45. The summed E-state index contributed by atoms with van der Waals surface area (Å²) in [6.45, 7) is 5.25. The molecule has 23 heavy (non-hydrogen) atoms. The fourth-order valence-electron chi connectivity index (χ4n) is 3.09. The summed E-state index contributed by atoms with van der Waals surface area (Å²) in [6.07, 6.45) is 2.92. The zero-order chi connectivity index (χ0) is 15.6. The second-order valence-corrected chi connectivity index (χ2v) is 6.79. The van der Waals surface area contributed by atoms with Crippen molar-refractivity contribution in [2.75, 3.05) is 26.2 Å². The molecule has 1 heterocycles. The van der Waals surface area contributed by atoms with Crippen molar-refractivity contribution in [1.82, 2.24) is 10.2 Å². The first-order chi connectivity index (χ1) is 10.6. The van der Waals surface area contributed by atoms with Crippen LogP contribution in [0.3, 0.4) is 0 Å². The van der Waals surface area contributed by atoms with Crippen molar-refractivity contribution in [3.05, 3.63) is 34.9 Å². The molecule has 128 valence electrons. The quantitative estimate of drug-likeness (QED) is 0.422. The van der Waals surface area contributed by atoms with E-state index in [9.17, 15) is 5.11 Å². The summed E-state index contributed by atoms with van der Waals surface area (Å²) in [4.78, 5) is 7.00. The summed E-state index contributed by atoms with van der Waals surface area (Å²) >= 11 is 6.13. The van der Waals surface area contributed by atoms with Crippen LogP contribution in [0.2, 0.25) is 5.02 Å². The molecule has 1 aromatic carbocycles. The van der Waals surface area contributed by atoms with Crippen molar-refractivity contribution >= 4 is 41.5 Å². The fraction of sp³-hybridized carbons (Fsp3) is 0.588. The van der Waals surface area contributed by atoms with Crippen molar-refractivity contribution in [3.8, 4) is 0 Å². The minimum absolute atomic E-state index is 0. The van der Waals surface area contributed by atoms with Gasteiger partial charge in [0, 0.05) is 30.1 Å². The van der Waals surface area contributed by atoms with Gasteiger partial charge in [0.25, 0.3) is 0 Å². The Morgan fingerprint density at radius 2 is 2.26 bits per heavy atom. The van der Waals surface area contributed by atoms with Crippen LogP contribution in [0.15, 0.2) is 29.3 Å². The van der Waals surface area contributed by atoms with Gasteiger partial charge >= 0.3 is 0 Å². The lowest BCUT2D eigenvalue weighted by atomic mass is 9.96. The molecule has 0 radical (unpaired) electrons. The second-order valence-electron chi connectivity index (χ2n) is 6.35. The van der Waals surface area contributed by atoms with E-state index in [4.69, 9.17) is 16.6 Å². The maximum absolute atomic E-state index is 9.73. The van der Waals surface area contributed by atoms with Crippen molar-refractivity contribution < 1.29 is 5.11 Å². The normalized spacial score (nSPS) is 22.7. The van der Waals surface area contributed by atoms with Gasteiger partial charge < -0.3 is 15.3 Å². The van der Waals surface area contributed by atoms with E-state index in [-0.39, 0.29) is 35.5 Å². The summed E-state index contributed by atoms with van der Waals surface area (Å²) < 4.78 is 0. The minimum atomic E-state index is -0.230. The molecule has 2 aliphatic rings. The van der Waals surface area contributed by atoms with Crippen molar-refractivity contribution in [3.63, 3.8) is 0 Å². The predicted molar refractivity (Wildman–Crippen MR) is 106 cm³/mol. The van der Waals surface area contributed by atoms with Gasteiger partial charge in [-0.15, -0.1) is 24.0 Å². The number of rotatable bonds is 4. The molecule has 1 aliphatic heterocycles. The lowest BCUT2D eigenvalue weighted by molar-refractivity contribution is 0.188. The Kier molecular flexibility index (Phi) is 6.57. The van der Waals surface area contributed by atoms with E-state index in [1.54, 1.807) is 0 Å². The number of β-amino-alcohol motifs (C(OH)–C–C–N with tert-alkyl or cyclic N) is 1. The van der Waals surface area contributed by atoms with Crippen LogP contribution in [-0.4, -0.2) is 48.2 Å². The second kappa shape index (κ2) is 8.03. The number of nitrogens with zero attached hydrogens (tertiary/aromatic N) is 2. The summed E-state index contributed by atoms with van der Waals surface area (Å²) in [7, 11) is 0. The number of benzene rings is 1. The average molecular weight is 450 g/mol. The maximum atomic E-state index is 9.73. The summed E-state index contributed by atoms with van der Waals surface area (Å²) in [5.74, 6) is 0.923. The van der Waals surface area contributed by atoms with Crippen molar-refractivity contribution in [2.24, 2.45) is 4.99 Å². The highest BCUT2D eigenvalue weighted by Gasteiger charge is 2.44. The molecule has 0 unspecified atom stereocenters. The van der Waals surface area contributed by atoms with Crippen LogP contribution in [0.4, 0.5) is 0 Å². The topological polar surface area (TPSA) is 47.9 Å². The Hall–Kier alpha value is -0.530. The summed E-state index contributed by atoms with van der Waals surface area (Å²) in [6, 6.07) is 8.15. The van der Waals surface area contributed by atoms with Gasteiger partial charge in [0.15, 0.2) is 5.96 Å². The molecule has 1 aliphatic carbocycles. The molecule has 1 saturated heterocycles. The van der Waals surface area contributed by atoms with Gasteiger partial charge in [-0.25, -0.2) is 0 Å². The van der Waals surface area contributed by atoms with Gasteiger partial charge in [0.05, 0.1) is 12.6 Å². The first-order valence-electron chi connectivity index (χ1n) is 8.10. The number of aliphatic hydroxyl groups is 1. The van der Waals surface area contributed by atoms with Crippen LogP contribution in [0, 0.1) is 0 Å². The number of nitrogens with one attached hydrogen (secondary N) is 1. The molecule has 0 bridgehead atoms. The van der Waals surface area contributed by atoms with E-state index in [1.165, 1.54) is 18.4 Å². The molecule has 0 spiro atoms. The van der Waals surface area contributed by atoms with Gasteiger partial charge in [0.1, 0.15) is 0 Å². The highest BCUT2D eigenvalue weighted by molar-refractivity contribution is 14.0. The van der Waals surface area contributed by atoms with Crippen LogP contribution >= 0.6 is 35.6 Å². The van der Waals surface area contributed by atoms with E-state index in [0.29, 0.717) is 6.54 Å². The third kappa shape index (κ3) is 4.51. The fourth-order valence-corrected chi connectivity index (χ4v) is 3.28.